The predicted octanol–water partition coefficient (Wildman–Crippen LogP) is 3.76. The van der Waals surface area contributed by atoms with Crippen molar-refractivity contribution < 1.29 is 9.53 Å². The van der Waals surface area contributed by atoms with Gasteiger partial charge >= 0.3 is 0 Å². The normalized spacial score (nSPS) is 10.9. The van der Waals surface area contributed by atoms with Gasteiger partial charge in [-0.2, -0.15) is 0 Å². The number of para-hydroxylation sites is 1. The molecule has 0 spiro atoms. The zero-order valence-electron chi connectivity index (χ0n) is 15.0. The van der Waals surface area contributed by atoms with Gasteiger partial charge in [0, 0.05) is 19.3 Å². The Morgan fingerprint density at radius 3 is 2.88 bits per heavy atom. The number of carbonyl (C=O) groups is 1. The lowest BCUT2D eigenvalue weighted by molar-refractivity contribution is -0.113. The van der Waals surface area contributed by atoms with Gasteiger partial charge in [-0.25, -0.2) is 0 Å². The number of aryl methyl sites for hydroxylation is 1. The minimum atomic E-state index is -0.0368. The molecule has 0 aliphatic rings. The number of benzene rings is 1. The molecule has 2 aromatic rings. The van der Waals surface area contributed by atoms with Crippen molar-refractivity contribution >= 4 is 39.8 Å². The van der Waals surface area contributed by atoms with Gasteiger partial charge in [-0.05, 0) is 24.0 Å². The number of thioether (sulfide) groups is 1. The molecule has 6 nitrogen and oxygen atoms in total. The van der Waals surface area contributed by atoms with Crippen molar-refractivity contribution in [2.75, 3.05) is 36.6 Å². The van der Waals surface area contributed by atoms with Crippen molar-refractivity contribution in [1.82, 2.24) is 10.2 Å². The van der Waals surface area contributed by atoms with Gasteiger partial charge in [0.2, 0.25) is 11.0 Å². The van der Waals surface area contributed by atoms with Gasteiger partial charge in [0.15, 0.2) is 4.34 Å². The summed E-state index contributed by atoms with van der Waals surface area (Å²) in [5.41, 5.74) is 3.14. The smallest absolute Gasteiger partial charge is 0.234 e. The molecule has 0 saturated carbocycles. The highest BCUT2D eigenvalue weighted by Crippen LogP contribution is 2.29. The standard InChI is InChI=1S/C17H24N4O2S2/c1-11(2)13-7-5-6-12(3)15(13)19-14(22)10-24-17-21-20-16(25-17)18-8-9-23-4/h5-7,11H,8-10H2,1-4H3,(H,18,20)(H,19,22). The van der Waals surface area contributed by atoms with Crippen LogP contribution < -0.4 is 10.6 Å². The maximum atomic E-state index is 12.3. The number of amides is 1. The van der Waals surface area contributed by atoms with Gasteiger partial charge in [-0.1, -0.05) is 55.1 Å². The molecular weight excluding hydrogens is 356 g/mol. The fourth-order valence-corrected chi connectivity index (χ4v) is 3.82. The maximum absolute atomic E-state index is 12.3. The van der Waals surface area contributed by atoms with Crippen LogP contribution in [0.2, 0.25) is 0 Å². The number of ether oxygens (including phenoxy) is 1. The molecule has 0 fully saturated rings. The summed E-state index contributed by atoms with van der Waals surface area (Å²) in [6.45, 7) is 7.55. The number of anilines is 2. The van der Waals surface area contributed by atoms with Crippen LogP contribution in [0.5, 0.6) is 0 Å². The Morgan fingerprint density at radius 1 is 1.36 bits per heavy atom. The van der Waals surface area contributed by atoms with Crippen LogP contribution in [-0.4, -0.2) is 42.1 Å². The molecule has 136 valence electrons. The molecule has 1 amide bonds. The largest absolute Gasteiger partial charge is 0.383 e. The molecule has 0 bridgehead atoms. The number of hydrogen-bond donors (Lipinski definition) is 2. The summed E-state index contributed by atoms with van der Waals surface area (Å²) in [6.07, 6.45) is 0. The van der Waals surface area contributed by atoms with Crippen molar-refractivity contribution in [2.24, 2.45) is 0 Å². The Balaban J connectivity index is 1.89. The van der Waals surface area contributed by atoms with Crippen LogP contribution in [0.15, 0.2) is 22.5 Å². The van der Waals surface area contributed by atoms with Crippen LogP contribution in [0.4, 0.5) is 10.8 Å². The Labute approximate surface area is 156 Å². The molecule has 1 heterocycles. The van der Waals surface area contributed by atoms with E-state index in [1.807, 2.05) is 19.1 Å². The van der Waals surface area contributed by atoms with Crippen molar-refractivity contribution in [3.8, 4) is 0 Å². The van der Waals surface area contributed by atoms with Gasteiger partial charge in [0.1, 0.15) is 0 Å². The van der Waals surface area contributed by atoms with Crippen molar-refractivity contribution in [1.29, 1.82) is 0 Å². The van der Waals surface area contributed by atoms with Crippen LogP contribution >= 0.6 is 23.1 Å². The van der Waals surface area contributed by atoms with Crippen LogP contribution in [0.25, 0.3) is 0 Å². The maximum Gasteiger partial charge on any atom is 0.234 e. The highest BCUT2D eigenvalue weighted by Gasteiger charge is 2.13. The van der Waals surface area contributed by atoms with E-state index in [-0.39, 0.29) is 5.91 Å². The molecule has 0 unspecified atom stereocenters. The first-order valence-corrected chi connectivity index (χ1v) is 9.90. The molecule has 0 radical (unpaired) electrons. The van der Waals surface area contributed by atoms with E-state index in [9.17, 15) is 4.79 Å². The number of hydrogen-bond acceptors (Lipinski definition) is 7. The third-order valence-corrected chi connectivity index (χ3v) is 5.52. The number of carbonyl (C=O) groups excluding carboxylic acids is 1. The second-order valence-electron chi connectivity index (χ2n) is 5.82. The quantitative estimate of drug-likeness (QED) is 0.510. The first-order chi connectivity index (χ1) is 12.0. The number of nitrogens with one attached hydrogen (secondary N) is 2. The van der Waals surface area contributed by atoms with Crippen LogP contribution in [0.3, 0.4) is 0 Å². The molecule has 25 heavy (non-hydrogen) atoms. The van der Waals surface area contributed by atoms with E-state index < -0.39 is 0 Å². The van der Waals surface area contributed by atoms with E-state index in [2.05, 4.69) is 40.7 Å². The van der Waals surface area contributed by atoms with Gasteiger partial charge < -0.3 is 15.4 Å². The fourth-order valence-electron chi connectivity index (χ4n) is 2.24. The summed E-state index contributed by atoms with van der Waals surface area (Å²) in [7, 11) is 1.65. The molecule has 0 aliphatic heterocycles. The number of rotatable bonds is 9. The lowest BCUT2D eigenvalue weighted by Crippen LogP contribution is -2.16. The summed E-state index contributed by atoms with van der Waals surface area (Å²) in [6, 6.07) is 6.09. The second kappa shape index (κ2) is 9.74. The molecule has 0 atom stereocenters. The van der Waals surface area contributed by atoms with E-state index in [1.54, 1.807) is 7.11 Å². The van der Waals surface area contributed by atoms with E-state index in [1.165, 1.54) is 23.1 Å². The zero-order valence-corrected chi connectivity index (χ0v) is 16.6. The molecule has 8 heteroatoms. The minimum absolute atomic E-state index is 0.0368. The molecule has 0 aliphatic carbocycles. The van der Waals surface area contributed by atoms with E-state index in [0.29, 0.717) is 24.8 Å². The topological polar surface area (TPSA) is 76.1 Å². The molecule has 0 saturated heterocycles. The monoisotopic (exact) mass is 380 g/mol. The number of nitrogens with zero attached hydrogens (tertiary/aromatic N) is 2. The number of methoxy groups -OCH3 is 1. The summed E-state index contributed by atoms with van der Waals surface area (Å²) in [5, 5.41) is 15.0. The molecule has 2 N–H and O–H groups in total. The predicted molar refractivity (Wildman–Crippen MR) is 105 cm³/mol. The Hall–Kier alpha value is -1.64. The lowest BCUT2D eigenvalue weighted by Gasteiger charge is -2.16. The lowest BCUT2D eigenvalue weighted by atomic mass is 9.98. The Morgan fingerprint density at radius 2 is 2.16 bits per heavy atom. The average Bonchev–Trinajstić information content (AvgIpc) is 3.03. The van der Waals surface area contributed by atoms with E-state index >= 15 is 0 Å². The van der Waals surface area contributed by atoms with Crippen LogP contribution in [-0.2, 0) is 9.53 Å². The van der Waals surface area contributed by atoms with Crippen LogP contribution in [0, 0.1) is 6.92 Å². The van der Waals surface area contributed by atoms with Gasteiger partial charge in [0.25, 0.3) is 0 Å². The minimum Gasteiger partial charge on any atom is -0.383 e. The summed E-state index contributed by atoms with van der Waals surface area (Å²) in [4.78, 5) is 12.3. The summed E-state index contributed by atoms with van der Waals surface area (Å²) in [5.74, 6) is 0.621. The van der Waals surface area contributed by atoms with Crippen molar-refractivity contribution in [3.63, 3.8) is 0 Å². The molecule has 2 rings (SSSR count). The second-order valence-corrected chi connectivity index (χ2v) is 8.02. The summed E-state index contributed by atoms with van der Waals surface area (Å²) < 4.78 is 5.75. The molecule has 1 aromatic carbocycles. The van der Waals surface area contributed by atoms with Gasteiger partial charge in [-0.15, -0.1) is 10.2 Å². The molecular formula is C17H24N4O2S2. The first-order valence-electron chi connectivity index (χ1n) is 8.09. The SMILES string of the molecule is COCCNc1nnc(SCC(=O)Nc2c(C)cccc2C(C)C)s1. The number of aromatic nitrogens is 2. The third-order valence-electron chi connectivity index (χ3n) is 3.51. The van der Waals surface area contributed by atoms with Gasteiger partial charge in [0.05, 0.1) is 12.4 Å². The fraction of sp³-hybridized carbons (Fsp3) is 0.471. The van der Waals surface area contributed by atoms with E-state index in [0.717, 1.165) is 26.3 Å². The third kappa shape index (κ3) is 5.98. The summed E-state index contributed by atoms with van der Waals surface area (Å²) >= 11 is 2.83. The first kappa shape index (κ1) is 19.7. The van der Waals surface area contributed by atoms with Crippen molar-refractivity contribution in [3.05, 3.63) is 29.3 Å². The zero-order chi connectivity index (χ0) is 18.2. The average molecular weight is 381 g/mol. The highest BCUT2D eigenvalue weighted by molar-refractivity contribution is 8.01. The Bertz CT molecular complexity index is 704. The van der Waals surface area contributed by atoms with E-state index in [4.69, 9.17) is 4.74 Å². The van der Waals surface area contributed by atoms with Gasteiger partial charge in [-0.3, -0.25) is 4.79 Å². The Kier molecular flexibility index (Phi) is 7.67. The highest BCUT2D eigenvalue weighted by atomic mass is 32.2. The van der Waals surface area contributed by atoms with Crippen LogP contribution in [0.1, 0.15) is 30.9 Å². The van der Waals surface area contributed by atoms with Crippen molar-refractivity contribution in [2.45, 2.75) is 31.0 Å². The molecule has 1 aromatic heterocycles.